The fourth-order valence-corrected chi connectivity index (χ4v) is 4.33. The highest BCUT2D eigenvalue weighted by molar-refractivity contribution is 5.72. The molecule has 1 unspecified atom stereocenters. The van der Waals surface area contributed by atoms with Crippen molar-refractivity contribution in [2.24, 2.45) is 5.92 Å². The molecule has 0 aromatic carbocycles. The van der Waals surface area contributed by atoms with Crippen LogP contribution in [0, 0.1) is 5.92 Å². The number of carbonyl (C=O) groups is 2. The zero-order valence-electron chi connectivity index (χ0n) is 20.6. The van der Waals surface area contributed by atoms with Crippen LogP contribution in [0.3, 0.4) is 0 Å². The van der Waals surface area contributed by atoms with Gasteiger partial charge in [-0.2, -0.15) is 0 Å². The van der Waals surface area contributed by atoms with Crippen LogP contribution >= 0.6 is 0 Å². The Kier molecular flexibility index (Phi) is 22.8. The van der Waals surface area contributed by atoms with Gasteiger partial charge in [0.15, 0.2) is 0 Å². The van der Waals surface area contributed by atoms with E-state index in [-0.39, 0.29) is 12.8 Å². The van der Waals surface area contributed by atoms with Crippen LogP contribution in [-0.4, -0.2) is 22.2 Å². The highest BCUT2D eigenvalue weighted by Crippen LogP contribution is 2.18. The van der Waals surface area contributed by atoms with Crippen molar-refractivity contribution in [3.8, 4) is 0 Å². The molecule has 0 heterocycles. The third kappa shape index (κ3) is 23.4. The van der Waals surface area contributed by atoms with E-state index in [1.165, 1.54) is 116 Å². The molecule has 0 aromatic rings. The van der Waals surface area contributed by atoms with Gasteiger partial charge in [0.25, 0.3) is 0 Å². The fourth-order valence-electron chi connectivity index (χ4n) is 4.33. The van der Waals surface area contributed by atoms with Gasteiger partial charge in [-0.05, 0) is 12.8 Å². The molecule has 0 saturated heterocycles. The molecule has 0 spiro atoms. The first kappa shape index (κ1) is 29.9. The van der Waals surface area contributed by atoms with Gasteiger partial charge in [-0.1, -0.05) is 135 Å². The van der Waals surface area contributed by atoms with E-state index < -0.39 is 17.9 Å². The molecule has 0 aromatic heterocycles. The molecular formula is C27H52O4. The van der Waals surface area contributed by atoms with E-state index in [2.05, 4.69) is 6.92 Å². The van der Waals surface area contributed by atoms with Crippen molar-refractivity contribution in [3.63, 3.8) is 0 Å². The average Bonchev–Trinajstić information content (AvgIpc) is 2.73. The van der Waals surface area contributed by atoms with Crippen LogP contribution in [0.1, 0.15) is 155 Å². The standard InChI is InChI=1S/C27H52O4/c1-2-3-4-5-6-7-8-9-10-11-12-13-14-15-16-17-18-19-20-21-22-25(27(30)31)23-24-26(28)29/h25H,2-24H2,1H3,(H,28,29)(H,30,31). The summed E-state index contributed by atoms with van der Waals surface area (Å²) in [5.41, 5.74) is 0. The monoisotopic (exact) mass is 440 g/mol. The number of carboxylic acids is 2. The lowest BCUT2D eigenvalue weighted by Crippen LogP contribution is -2.15. The summed E-state index contributed by atoms with van der Waals surface area (Å²) in [5, 5.41) is 17.8. The number of unbranched alkanes of at least 4 members (excludes halogenated alkanes) is 19. The molecule has 0 fully saturated rings. The molecule has 2 N–H and O–H groups in total. The van der Waals surface area contributed by atoms with Crippen molar-refractivity contribution in [1.29, 1.82) is 0 Å². The molecule has 0 radical (unpaired) electrons. The number of carboxylic acid groups (broad SMARTS) is 2. The van der Waals surface area contributed by atoms with E-state index in [0.717, 1.165) is 12.8 Å². The molecule has 0 aliphatic rings. The molecule has 184 valence electrons. The first-order valence-electron chi connectivity index (χ1n) is 13.5. The van der Waals surface area contributed by atoms with Gasteiger partial charge in [-0.3, -0.25) is 9.59 Å². The maximum Gasteiger partial charge on any atom is 0.306 e. The summed E-state index contributed by atoms with van der Waals surface area (Å²) < 4.78 is 0. The summed E-state index contributed by atoms with van der Waals surface area (Å²) in [6.07, 6.45) is 27.6. The number of hydrogen-bond acceptors (Lipinski definition) is 2. The number of hydrogen-bond donors (Lipinski definition) is 2. The lowest BCUT2D eigenvalue weighted by Gasteiger charge is -2.10. The Hall–Kier alpha value is -1.06. The molecule has 31 heavy (non-hydrogen) atoms. The molecule has 0 bridgehead atoms. The van der Waals surface area contributed by atoms with E-state index in [4.69, 9.17) is 10.2 Å². The minimum Gasteiger partial charge on any atom is -0.481 e. The second-order valence-electron chi connectivity index (χ2n) is 9.47. The minimum absolute atomic E-state index is 0.0455. The molecule has 0 rings (SSSR count). The lowest BCUT2D eigenvalue weighted by atomic mass is 9.95. The predicted molar refractivity (Wildman–Crippen MR) is 131 cm³/mol. The molecule has 0 aliphatic heterocycles. The fraction of sp³-hybridized carbons (Fsp3) is 0.926. The Morgan fingerprint density at radius 2 is 0.839 bits per heavy atom. The summed E-state index contributed by atoms with van der Waals surface area (Å²) >= 11 is 0. The Morgan fingerprint density at radius 3 is 1.13 bits per heavy atom. The molecule has 4 heteroatoms. The van der Waals surface area contributed by atoms with E-state index in [1.807, 2.05) is 0 Å². The Bertz CT molecular complexity index is 408. The van der Waals surface area contributed by atoms with Crippen LogP contribution in [0.5, 0.6) is 0 Å². The maximum absolute atomic E-state index is 11.2. The zero-order valence-corrected chi connectivity index (χ0v) is 20.6. The van der Waals surface area contributed by atoms with Gasteiger partial charge in [0.2, 0.25) is 0 Å². The largest absolute Gasteiger partial charge is 0.481 e. The van der Waals surface area contributed by atoms with Crippen molar-refractivity contribution in [2.75, 3.05) is 0 Å². The van der Waals surface area contributed by atoms with Crippen molar-refractivity contribution in [1.82, 2.24) is 0 Å². The van der Waals surface area contributed by atoms with E-state index in [0.29, 0.717) is 6.42 Å². The number of rotatable bonds is 25. The summed E-state index contributed by atoms with van der Waals surface area (Å²) in [4.78, 5) is 21.7. The quantitative estimate of drug-likeness (QED) is 0.139. The smallest absolute Gasteiger partial charge is 0.306 e. The normalized spacial score (nSPS) is 12.2. The van der Waals surface area contributed by atoms with Crippen LogP contribution in [0.15, 0.2) is 0 Å². The molecule has 0 amide bonds. The Labute approximate surface area is 192 Å². The summed E-state index contributed by atoms with van der Waals surface area (Å²) in [7, 11) is 0. The highest BCUT2D eigenvalue weighted by Gasteiger charge is 2.17. The second kappa shape index (κ2) is 23.6. The Balaban J connectivity index is 3.24. The van der Waals surface area contributed by atoms with Crippen LogP contribution in [0.4, 0.5) is 0 Å². The third-order valence-electron chi connectivity index (χ3n) is 6.46. The molecule has 1 atom stereocenters. The lowest BCUT2D eigenvalue weighted by molar-refractivity contribution is -0.143. The summed E-state index contributed by atoms with van der Waals surface area (Å²) in [6, 6.07) is 0. The van der Waals surface area contributed by atoms with Crippen molar-refractivity contribution in [2.45, 2.75) is 155 Å². The summed E-state index contributed by atoms with van der Waals surface area (Å²) in [6.45, 7) is 2.28. The van der Waals surface area contributed by atoms with Crippen molar-refractivity contribution in [3.05, 3.63) is 0 Å². The first-order chi connectivity index (χ1) is 15.1. The van der Waals surface area contributed by atoms with Gasteiger partial charge < -0.3 is 10.2 Å². The molecule has 0 saturated carbocycles. The van der Waals surface area contributed by atoms with E-state index >= 15 is 0 Å². The van der Waals surface area contributed by atoms with Gasteiger partial charge in [-0.25, -0.2) is 0 Å². The average molecular weight is 441 g/mol. The minimum atomic E-state index is -0.908. The van der Waals surface area contributed by atoms with Crippen molar-refractivity contribution >= 4 is 11.9 Å². The molecule has 0 aliphatic carbocycles. The highest BCUT2D eigenvalue weighted by atomic mass is 16.4. The zero-order chi connectivity index (χ0) is 23.0. The van der Waals surface area contributed by atoms with E-state index in [1.54, 1.807) is 0 Å². The van der Waals surface area contributed by atoms with Crippen LogP contribution < -0.4 is 0 Å². The number of aliphatic carboxylic acids is 2. The van der Waals surface area contributed by atoms with Gasteiger partial charge in [0.05, 0.1) is 5.92 Å². The van der Waals surface area contributed by atoms with Crippen LogP contribution in [-0.2, 0) is 9.59 Å². The Morgan fingerprint density at radius 1 is 0.516 bits per heavy atom. The van der Waals surface area contributed by atoms with E-state index in [9.17, 15) is 9.59 Å². The van der Waals surface area contributed by atoms with Gasteiger partial charge in [0, 0.05) is 6.42 Å². The SMILES string of the molecule is CCCCCCCCCCCCCCCCCCCCCCC(CCC(=O)O)C(=O)O. The predicted octanol–water partition coefficient (Wildman–Crippen LogP) is 8.76. The maximum atomic E-state index is 11.2. The van der Waals surface area contributed by atoms with Crippen LogP contribution in [0.2, 0.25) is 0 Å². The summed E-state index contributed by atoms with van der Waals surface area (Å²) in [5.74, 6) is -2.25. The topological polar surface area (TPSA) is 74.6 Å². The first-order valence-corrected chi connectivity index (χ1v) is 13.5. The van der Waals surface area contributed by atoms with Crippen molar-refractivity contribution < 1.29 is 19.8 Å². The van der Waals surface area contributed by atoms with Gasteiger partial charge in [-0.15, -0.1) is 0 Å². The van der Waals surface area contributed by atoms with Crippen LogP contribution in [0.25, 0.3) is 0 Å². The van der Waals surface area contributed by atoms with Gasteiger partial charge in [0.1, 0.15) is 0 Å². The third-order valence-corrected chi connectivity index (χ3v) is 6.46. The molecular weight excluding hydrogens is 388 g/mol. The second-order valence-corrected chi connectivity index (χ2v) is 9.47. The molecule has 4 nitrogen and oxygen atoms in total. The van der Waals surface area contributed by atoms with Gasteiger partial charge >= 0.3 is 11.9 Å².